The molecule has 0 radical (unpaired) electrons. The molecule has 1 saturated carbocycles. The number of halogens is 2. The number of hydrogen-bond acceptors (Lipinski definition) is 2. The maximum Gasteiger partial charge on any atom is 0.319 e. The molecule has 0 spiro atoms. The Morgan fingerprint density at radius 3 is 2.75 bits per heavy atom. The Morgan fingerprint density at radius 2 is 2.10 bits per heavy atom. The van der Waals surface area contributed by atoms with Gasteiger partial charge in [-0.25, -0.2) is 13.6 Å². The second-order valence-electron chi connectivity index (χ2n) is 4.77. The van der Waals surface area contributed by atoms with E-state index in [1.54, 1.807) is 0 Å². The molecule has 1 aliphatic rings. The van der Waals surface area contributed by atoms with Gasteiger partial charge in [0.25, 0.3) is 0 Å². The van der Waals surface area contributed by atoms with Crippen LogP contribution >= 0.6 is 12.2 Å². The third-order valence-electron chi connectivity index (χ3n) is 3.38. The zero-order valence-electron chi connectivity index (χ0n) is 10.7. The average molecular weight is 299 g/mol. The molecular formula is C13H15F2N3OS. The lowest BCUT2D eigenvalue weighted by molar-refractivity contribution is 0.247. The van der Waals surface area contributed by atoms with Gasteiger partial charge in [-0.3, -0.25) is 0 Å². The molecule has 0 bridgehead atoms. The van der Waals surface area contributed by atoms with E-state index in [0.717, 1.165) is 25.3 Å². The molecule has 0 saturated heterocycles. The number of benzene rings is 1. The first-order valence-corrected chi connectivity index (χ1v) is 6.70. The minimum atomic E-state index is -0.822. The van der Waals surface area contributed by atoms with Gasteiger partial charge in [0.05, 0.1) is 10.7 Å². The fraction of sp³-hybridized carbons (Fsp3) is 0.385. The molecule has 1 aromatic rings. The summed E-state index contributed by atoms with van der Waals surface area (Å²) >= 11 is 4.95. The maximum atomic E-state index is 13.4. The molecule has 108 valence electrons. The Bertz CT molecular complexity index is 538. The van der Waals surface area contributed by atoms with Crippen molar-refractivity contribution in [2.45, 2.75) is 25.3 Å². The van der Waals surface area contributed by atoms with Crippen LogP contribution in [0.25, 0.3) is 0 Å². The van der Waals surface area contributed by atoms with Crippen molar-refractivity contribution in [3.05, 3.63) is 29.8 Å². The SMILES string of the molecule is NC(=S)C1CCCC1NC(=O)Nc1ccc(F)cc1F. The number of rotatable bonds is 3. The van der Waals surface area contributed by atoms with Crippen LogP contribution in [0, 0.1) is 17.6 Å². The molecule has 2 rings (SSSR count). The van der Waals surface area contributed by atoms with Crippen LogP contribution in [-0.2, 0) is 0 Å². The highest BCUT2D eigenvalue weighted by molar-refractivity contribution is 7.80. The normalized spacial score (nSPS) is 21.5. The van der Waals surface area contributed by atoms with Crippen LogP contribution in [0.2, 0.25) is 0 Å². The molecule has 7 heteroatoms. The van der Waals surface area contributed by atoms with Gasteiger partial charge in [0.2, 0.25) is 0 Å². The van der Waals surface area contributed by atoms with E-state index in [2.05, 4.69) is 10.6 Å². The van der Waals surface area contributed by atoms with Gasteiger partial charge in [0.1, 0.15) is 11.6 Å². The van der Waals surface area contributed by atoms with Crippen molar-refractivity contribution in [1.29, 1.82) is 0 Å². The molecule has 1 fully saturated rings. The molecule has 2 atom stereocenters. The molecule has 2 unspecified atom stereocenters. The second kappa shape index (κ2) is 6.13. The first-order chi connectivity index (χ1) is 9.47. The Balaban J connectivity index is 1.97. The van der Waals surface area contributed by atoms with E-state index in [4.69, 9.17) is 18.0 Å². The summed E-state index contributed by atoms with van der Waals surface area (Å²) in [5, 5.41) is 5.07. The number of anilines is 1. The second-order valence-corrected chi connectivity index (χ2v) is 5.24. The van der Waals surface area contributed by atoms with Gasteiger partial charge in [0, 0.05) is 18.0 Å². The van der Waals surface area contributed by atoms with Crippen molar-refractivity contribution in [1.82, 2.24) is 5.32 Å². The van der Waals surface area contributed by atoms with Crippen LogP contribution in [0.5, 0.6) is 0 Å². The van der Waals surface area contributed by atoms with Crippen molar-refractivity contribution in [3.8, 4) is 0 Å². The quantitative estimate of drug-likeness (QED) is 0.751. The summed E-state index contributed by atoms with van der Waals surface area (Å²) in [5.74, 6) is -1.55. The topological polar surface area (TPSA) is 67.1 Å². The fourth-order valence-electron chi connectivity index (χ4n) is 2.39. The maximum absolute atomic E-state index is 13.4. The number of carbonyl (C=O) groups excluding carboxylic acids is 1. The molecule has 4 nitrogen and oxygen atoms in total. The smallest absolute Gasteiger partial charge is 0.319 e. The van der Waals surface area contributed by atoms with Gasteiger partial charge in [-0.15, -0.1) is 0 Å². The lowest BCUT2D eigenvalue weighted by atomic mass is 10.0. The van der Waals surface area contributed by atoms with Crippen molar-refractivity contribution < 1.29 is 13.6 Å². The standard InChI is InChI=1S/C13H15F2N3OS/c14-7-4-5-11(9(15)6-7)18-13(19)17-10-3-1-2-8(10)12(16)20/h4-6,8,10H,1-3H2,(H2,16,20)(H2,17,18,19). The summed E-state index contributed by atoms with van der Waals surface area (Å²) in [4.78, 5) is 12.2. The van der Waals surface area contributed by atoms with E-state index in [1.807, 2.05) is 0 Å². The highest BCUT2D eigenvalue weighted by atomic mass is 32.1. The highest BCUT2D eigenvalue weighted by Crippen LogP contribution is 2.26. The molecule has 2 amide bonds. The van der Waals surface area contributed by atoms with E-state index >= 15 is 0 Å². The fourth-order valence-corrected chi connectivity index (χ4v) is 2.67. The van der Waals surface area contributed by atoms with Crippen LogP contribution in [-0.4, -0.2) is 17.1 Å². The third kappa shape index (κ3) is 3.41. The zero-order valence-corrected chi connectivity index (χ0v) is 11.5. The number of nitrogens with one attached hydrogen (secondary N) is 2. The van der Waals surface area contributed by atoms with Gasteiger partial charge in [-0.2, -0.15) is 0 Å². The van der Waals surface area contributed by atoms with Crippen molar-refractivity contribution >= 4 is 28.9 Å². The van der Waals surface area contributed by atoms with Crippen molar-refractivity contribution in [3.63, 3.8) is 0 Å². The summed E-state index contributed by atoms with van der Waals surface area (Å²) in [5.41, 5.74) is 5.54. The summed E-state index contributed by atoms with van der Waals surface area (Å²) in [6.07, 6.45) is 2.55. The number of nitrogens with two attached hydrogens (primary N) is 1. The summed E-state index contributed by atoms with van der Waals surface area (Å²) in [6.45, 7) is 0. The largest absolute Gasteiger partial charge is 0.393 e. The highest BCUT2D eigenvalue weighted by Gasteiger charge is 2.30. The van der Waals surface area contributed by atoms with Gasteiger partial charge < -0.3 is 16.4 Å². The van der Waals surface area contributed by atoms with Crippen molar-refractivity contribution in [2.75, 3.05) is 5.32 Å². The number of thiocarbonyl (C=S) groups is 1. The lowest BCUT2D eigenvalue weighted by Gasteiger charge is -2.20. The lowest BCUT2D eigenvalue weighted by Crippen LogP contribution is -2.43. The Labute approximate surface area is 120 Å². The van der Waals surface area contributed by atoms with Crippen LogP contribution in [0.3, 0.4) is 0 Å². The number of carbonyl (C=O) groups is 1. The Hall–Kier alpha value is -1.76. The van der Waals surface area contributed by atoms with Gasteiger partial charge >= 0.3 is 6.03 Å². The van der Waals surface area contributed by atoms with E-state index in [-0.39, 0.29) is 17.6 Å². The predicted molar refractivity (Wildman–Crippen MR) is 76.4 cm³/mol. The van der Waals surface area contributed by atoms with Gasteiger partial charge in [0.15, 0.2) is 0 Å². The third-order valence-corrected chi connectivity index (χ3v) is 3.68. The number of urea groups is 1. The molecule has 1 aromatic carbocycles. The van der Waals surface area contributed by atoms with Crippen LogP contribution in [0.1, 0.15) is 19.3 Å². The minimum Gasteiger partial charge on any atom is -0.393 e. The monoisotopic (exact) mass is 299 g/mol. The van der Waals surface area contributed by atoms with E-state index in [9.17, 15) is 13.6 Å². The molecule has 1 aliphatic carbocycles. The predicted octanol–water partition coefficient (Wildman–Crippen LogP) is 2.54. The molecular weight excluding hydrogens is 284 g/mol. The molecule has 0 aliphatic heterocycles. The van der Waals surface area contributed by atoms with Gasteiger partial charge in [-0.1, -0.05) is 18.6 Å². The zero-order chi connectivity index (χ0) is 14.7. The molecule has 0 heterocycles. The molecule has 4 N–H and O–H groups in total. The van der Waals surface area contributed by atoms with Crippen LogP contribution in [0.4, 0.5) is 19.3 Å². The first kappa shape index (κ1) is 14.6. The van der Waals surface area contributed by atoms with Gasteiger partial charge in [-0.05, 0) is 25.0 Å². The first-order valence-electron chi connectivity index (χ1n) is 6.29. The minimum absolute atomic E-state index is 0.0335. The van der Waals surface area contributed by atoms with E-state index in [1.165, 1.54) is 6.07 Å². The van der Waals surface area contributed by atoms with Crippen molar-refractivity contribution in [2.24, 2.45) is 11.7 Å². The number of hydrogen-bond donors (Lipinski definition) is 3. The summed E-state index contributed by atoms with van der Waals surface area (Å²) in [6, 6.07) is 2.26. The van der Waals surface area contributed by atoms with E-state index in [0.29, 0.717) is 11.1 Å². The molecule has 20 heavy (non-hydrogen) atoms. The number of amides is 2. The Kier molecular flexibility index (Phi) is 4.49. The van der Waals surface area contributed by atoms with Crippen LogP contribution < -0.4 is 16.4 Å². The molecule has 0 aromatic heterocycles. The summed E-state index contributed by atoms with van der Waals surface area (Å²) < 4.78 is 26.2. The van der Waals surface area contributed by atoms with E-state index < -0.39 is 17.7 Å². The average Bonchev–Trinajstić information content (AvgIpc) is 2.81. The van der Waals surface area contributed by atoms with Crippen LogP contribution in [0.15, 0.2) is 18.2 Å². The Morgan fingerprint density at radius 1 is 1.35 bits per heavy atom. The summed E-state index contributed by atoms with van der Waals surface area (Å²) in [7, 11) is 0.